The Balaban J connectivity index is 2.24. The highest BCUT2D eigenvalue weighted by Gasteiger charge is 2.12. The van der Waals surface area contributed by atoms with Crippen LogP contribution >= 0.6 is 11.8 Å². The molecule has 0 aliphatic heterocycles. The average Bonchev–Trinajstić information content (AvgIpc) is 2.42. The first kappa shape index (κ1) is 16.0. The van der Waals surface area contributed by atoms with Gasteiger partial charge in [-0.2, -0.15) is 0 Å². The highest BCUT2D eigenvalue weighted by atomic mass is 32.2. The molecule has 0 radical (unpaired) electrons. The molecular formula is C14H21FN2OS. The van der Waals surface area contributed by atoms with E-state index >= 15 is 0 Å². The molecule has 1 aromatic rings. The van der Waals surface area contributed by atoms with Crippen molar-refractivity contribution in [2.75, 3.05) is 25.9 Å². The van der Waals surface area contributed by atoms with Crippen LogP contribution in [0.5, 0.6) is 0 Å². The van der Waals surface area contributed by atoms with Crippen LogP contribution in [0.15, 0.2) is 29.2 Å². The van der Waals surface area contributed by atoms with E-state index < -0.39 is 0 Å². The summed E-state index contributed by atoms with van der Waals surface area (Å²) in [6.45, 7) is 3.51. The average molecular weight is 284 g/mol. The van der Waals surface area contributed by atoms with Crippen LogP contribution < -0.4 is 10.6 Å². The van der Waals surface area contributed by atoms with Crippen molar-refractivity contribution >= 4 is 17.7 Å². The zero-order valence-corrected chi connectivity index (χ0v) is 12.2. The van der Waals surface area contributed by atoms with Crippen molar-refractivity contribution in [2.45, 2.75) is 18.2 Å². The van der Waals surface area contributed by atoms with Gasteiger partial charge in [0.2, 0.25) is 5.91 Å². The maximum absolute atomic E-state index is 12.7. The van der Waals surface area contributed by atoms with Crippen LogP contribution in [0.1, 0.15) is 13.3 Å². The highest BCUT2D eigenvalue weighted by molar-refractivity contribution is 7.99. The molecule has 0 aliphatic rings. The third-order valence-electron chi connectivity index (χ3n) is 2.66. The lowest BCUT2D eigenvalue weighted by Gasteiger charge is -2.11. The van der Waals surface area contributed by atoms with Gasteiger partial charge in [0.15, 0.2) is 0 Å². The Kier molecular flexibility index (Phi) is 7.52. The summed E-state index contributed by atoms with van der Waals surface area (Å²) in [5.74, 6) is 0.485. The number of carbonyl (C=O) groups excluding carboxylic acids is 1. The number of amides is 1. The van der Waals surface area contributed by atoms with E-state index in [-0.39, 0.29) is 17.6 Å². The predicted octanol–water partition coefficient (Wildman–Crippen LogP) is 2.28. The minimum absolute atomic E-state index is 0.0513. The van der Waals surface area contributed by atoms with Gasteiger partial charge >= 0.3 is 0 Å². The molecule has 3 nitrogen and oxygen atoms in total. The molecule has 1 aromatic carbocycles. The van der Waals surface area contributed by atoms with E-state index in [1.807, 2.05) is 14.0 Å². The summed E-state index contributed by atoms with van der Waals surface area (Å²) in [6, 6.07) is 6.34. The summed E-state index contributed by atoms with van der Waals surface area (Å²) in [7, 11) is 1.89. The van der Waals surface area contributed by atoms with Gasteiger partial charge in [-0.1, -0.05) is 6.92 Å². The second-order valence-electron chi connectivity index (χ2n) is 4.41. The Labute approximate surface area is 118 Å². The molecule has 0 saturated heterocycles. The first-order valence-electron chi connectivity index (χ1n) is 6.44. The lowest BCUT2D eigenvalue weighted by molar-refractivity contribution is -0.123. The fourth-order valence-electron chi connectivity index (χ4n) is 1.48. The van der Waals surface area contributed by atoms with Gasteiger partial charge in [-0.05, 0) is 44.3 Å². The predicted molar refractivity (Wildman–Crippen MR) is 77.8 cm³/mol. The number of rotatable bonds is 8. The third-order valence-corrected chi connectivity index (χ3v) is 3.94. The van der Waals surface area contributed by atoms with Crippen molar-refractivity contribution in [2.24, 2.45) is 5.92 Å². The Morgan fingerprint density at radius 1 is 1.32 bits per heavy atom. The molecule has 19 heavy (non-hydrogen) atoms. The van der Waals surface area contributed by atoms with Crippen molar-refractivity contribution in [3.8, 4) is 0 Å². The van der Waals surface area contributed by atoms with Gasteiger partial charge in [-0.3, -0.25) is 4.79 Å². The second kappa shape index (κ2) is 8.93. The van der Waals surface area contributed by atoms with Crippen molar-refractivity contribution in [3.63, 3.8) is 0 Å². The van der Waals surface area contributed by atoms with Gasteiger partial charge in [0.05, 0.1) is 0 Å². The molecule has 0 spiro atoms. The molecule has 5 heteroatoms. The molecule has 1 amide bonds. The van der Waals surface area contributed by atoms with Gasteiger partial charge in [-0.25, -0.2) is 4.39 Å². The normalized spacial score (nSPS) is 12.2. The molecule has 0 aliphatic carbocycles. The minimum Gasteiger partial charge on any atom is -0.356 e. The maximum Gasteiger partial charge on any atom is 0.223 e. The first-order valence-corrected chi connectivity index (χ1v) is 7.42. The molecule has 1 rings (SSSR count). The standard InChI is InChI=1S/C14H21FN2OS/c1-11(14(18)17-9-3-8-16-2)10-19-13-6-4-12(15)5-7-13/h4-7,11,16H,3,8-10H2,1-2H3,(H,17,18). The van der Waals surface area contributed by atoms with Crippen LogP contribution in [0.2, 0.25) is 0 Å². The van der Waals surface area contributed by atoms with Crippen LogP contribution in [0, 0.1) is 11.7 Å². The van der Waals surface area contributed by atoms with Crippen LogP contribution in [0.25, 0.3) is 0 Å². The van der Waals surface area contributed by atoms with Crippen LogP contribution in [0.3, 0.4) is 0 Å². The van der Waals surface area contributed by atoms with Crippen molar-refractivity contribution in [1.82, 2.24) is 10.6 Å². The maximum atomic E-state index is 12.7. The number of carbonyl (C=O) groups is 1. The van der Waals surface area contributed by atoms with Crippen molar-refractivity contribution < 1.29 is 9.18 Å². The van der Waals surface area contributed by atoms with Crippen molar-refractivity contribution in [1.29, 1.82) is 0 Å². The number of hydrogen-bond acceptors (Lipinski definition) is 3. The summed E-state index contributed by atoms with van der Waals surface area (Å²) in [6.07, 6.45) is 0.931. The largest absolute Gasteiger partial charge is 0.356 e. The SMILES string of the molecule is CNCCCNC(=O)C(C)CSc1ccc(F)cc1. The summed E-state index contributed by atoms with van der Waals surface area (Å²) >= 11 is 1.57. The van der Waals surface area contributed by atoms with E-state index in [1.54, 1.807) is 23.9 Å². The van der Waals surface area contributed by atoms with Crippen LogP contribution in [-0.2, 0) is 4.79 Å². The molecule has 106 valence electrons. The van der Waals surface area contributed by atoms with Crippen LogP contribution in [-0.4, -0.2) is 31.8 Å². The van der Waals surface area contributed by atoms with Gasteiger partial charge < -0.3 is 10.6 Å². The smallest absolute Gasteiger partial charge is 0.223 e. The summed E-state index contributed by atoms with van der Waals surface area (Å²) < 4.78 is 12.7. The number of halogens is 1. The van der Waals surface area contributed by atoms with Gasteiger partial charge in [0, 0.05) is 23.1 Å². The first-order chi connectivity index (χ1) is 9.13. The molecule has 0 saturated carbocycles. The number of thioether (sulfide) groups is 1. The zero-order valence-electron chi connectivity index (χ0n) is 11.4. The van der Waals surface area contributed by atoms with E-state index in [0.29, 0.717) is 12.3 Å². The summed E-state index contributed by atoms with van der Waals surface area (Å²) in [5.41, 5.74) is 0. The third kappa shape index (κ3) is 6.59. The van der Waals surface area contributed by atoms with Crippen LogP contribution in [0.4, 0.5) is 4.39 Å². The molecule has 2 N–H and O–H groups in total. The van der Waals surface area contributed by atoms with E-state index in [9.17, 15) is 9.18 Å². The fraction of sp³-hybridized carbons (Fsp3) is 0.500. The molecule has 0 bridgehead atoms. The van der Waals surface area contributed by atoms with Gasteiger partial charge in [-0.15, -0.1) is 11.8 Å². The van der Waals surface area contributed by atoms with Gasteiger partial charge in [0.25, 0.3) is 0 Å². The Hall–Kier alpha value is -1.07. The lowest BCUT2D eigenvalue weighted by atomic mass is 10.2. The number of nitrogens with one attached hydrogen (secondary N) is 2. The molecule has 0 heterocycles. The highest BCUT2D eigenvalue weighted by Crippen LogP contribution is 2.20. The molecular weight excluding hydrogens is 263 g/mol. The zero-order chi connectivity index (χ0) is 14.1. The Morgan fingerprint density at radius 2 is 2.00 bits per heavy atom. The molecule has 0 fully saturated rings. The number of hydrogen-bond donors (Lipinski definition) is 2. The molecule has 1 atom stereocenters. The summed E-state index contributed by atoms with van der Waals surface area (Å²) in [5, 5.41) is 5.95. The summed E-state index contributed by atoms with van der Waals surface area (Å²) in [4.78, 5) is 12.8. The minimum atomic E-state index is -0.236. The van der Waals surface area contributed by atoms with E-state index in [0.717, 1.165) is 17.9 Å². The lowest BCUT2D eigenvalue weighted by Crippen LogP contribution is -2.32. The Morgan fingerprint density at radius 3 is 2.63 bits per heavy atom. The molecule has 0 aromatic heterocycles. The monoisotopic (exact) mass is 284 g/mol. The van der Waals surface area contributed by atoms with E-state index in [4.69, 9.17) is 0 Å². The van der Waals surface area contributed by atoms with E-state index in [1.165, 1.54) is 12.1 Å². The Bertz CT molecular complexity index is 384. The molecule has 1 unspecified atom stereocenters. The van der Waals surface area contributed by atoms with Crippen molar-refractivity contribution in [3.05, 3.63) is 30.1 Å². The number of benzene rings is 1. The topological polar surface area (TPSA) is 41.1 Å². The fourth-order valence-corrected chi connectivity index (χ4v) is 2.40. The van der Waals surface area contributed by atoms with E-state index in [2.05, 4.69) is 10.6 Å². The van der Waals surface area contributed by atoms with Gasteiger partial charge in [0.1, 0.15) is 5.82 Å². The second-order valence-corrected chi connectivity index (χ2v) is 5.51. The quantitative estimate of drug-likeness (QED) is 0.568.